The van der Waals surface area contributed by atoms with E-state index in [1.165, 1.54) is 0 Å². The van der Waals surface area contributed by atoms with Gasteiger partial charge in [0.05, 0.1) is 13.2 Å². The molecule has 0 atom stereocenters. The Hall–Kier alpha value is -0.240. The molecule has 19 heavy (non-hydrogen) atoms. The summed E-state index contributed by atoms with van der Waals surface area (Å²) < 4.78 is 4.87. The van der Waals surface area contributed by atoms with Crippen LogP contribution in [0.2, 0.25) is 10.0 Å². The average molecular weight is 418 g/mol. The zero-order valence-corrected chi connectivity index (χ0v) is 14.5. The molecule has 7 heteroatoms. The third-order valence-electron chi connectivity index (χ3n) is 2.32. The summed E-state index contributed by atoms with van der Waals surface area (Å²) in [6.07, 6.45) is 0.693. The van der Waals surface area contributed by atoms with E-state index in [2.05, 4.69) is 10.3 Å². The Balaban J connectivity index is 0.00000324. The number of methoxy groups -OCH3 is 1. The van der Waals surface area contributed by atoms with Gasteiger partial charge in [-0.2, -0.15) is 0 Å². The molecule has 0 heterocycles. The van der Waals surface area contributed by atoms with Gasteiger partial charge in [-0.05, 0) is 24.1 Å². The number of halogens is 3. The van der Waals surface area contributed by atoms with Crippen LogP contribution in [-0.2, 0) is 11.2 Å². The lowest BCUT2D eigenvalue weighted by molar-refractivity contribution is 0.208. The lowest BCUT2D eigenvalue weighted by Gasteiger charge is -2.08. The summed E-state index contributed by atoms with van der Waals surface area (Å²) >= 11 is 12.1. The Morgan fingerprint density at radius 2 is 2.00 bits per heavy atom. The molecule has 0 fully saturated rings. The summed E-state index contributed by atoms with van der Waals surface area (Å²) in [5.41, 5.74) is 6.59. The highest BCUT2D eigenvalue weighted by Gasteiger charge is 2.04. The number of hydrogen-bond donors (Lipinski definition) is 2. The highest BCUT2D eigenvalue weighted by atomic mass is 127. The van der Waals surface area contributed by atoms with Crippen LogP contribution in [0.25, 0.3) is 0 Å². The zero-order valence-electron chi connectivity index (χ0n) is 10.7. The molecule has 0 radical (unpaired) electrons. The van der Waals surface area contributed by atoms with Crippen molar-refractivity contribution in [1.82, 2.24) is 5.32 Å². The first-order valence-corrected chi connectivity index (χ1v) is 6.36. The van der Waals surface area contributed by atoms with Crippen LogP contribution in [0.4, 0.5) is 0 Å². The molecule has 0 aromatic heterocycles. The molecule has 1 aromatic carbocycles. The van der Waals surface area contributed by atoms with Crippen LogP contribution in [0, 0.1) is 0 Å². The molecular formula is C12H18Cl2IN3O. The van der Waals surface area contributed by atoms with Crippen molar-refractivity contribution in [3.05, 3.63) is 33.8 Å². The van der Waals surface area contributed by atoms with Crippen LogP contribution >= 0.6 is 47.2 Å². The maximum Gasteiger partial charge on any atom is 0.188 e. The Morgan fingerprint density at radius 1 is 1.37 bits per heavy atom. The van der Waals surface area contributed by atoms with E-state index < -0.39 is 0 Å². The lowest BCUT2D eigenvalue weighted by Crippen LogP contribution is -2.33. The number of nitrogens with one attached hydrogen (secondary N) is 1. The normalized spacial score (nSPS) is 11.0. The maximum absolute atomic E-state index is 6.06. The molecule has 0 spiro atoms. The van der Waals surface area contributed by atoms with Gasteiger partial charge in [-0.15, -0.1) is 24.0 Å². The van der Waals surface area contributed by atoms with Gasteiger partial charge in [-0.3, -0.25) is 4.99 Å². The van der Waals surface area contributed by atoms with Gasteiger partial charge in [-0.1, -0.05) is 29.3 Å². The standard InChI is InChI=1S/C12H17Cl2N3O.HI/c1-18-8-7-17-12(15)16-6-5-9-10(13)3-2-4-11(9)14;/h2-4H,5-8H2,1H3,(H3,15,16,17);1H. The van der Waals surface area contributed by atoms with E-state index in [0.29, 0.717) is 42.1 Å². The number of rotatable bonds is 6. The first-order valence-electron chi connectivity index (χ1n) is 5.60. The number of guanidine groups is 1. The fourth-order valence-electron chi connectivity index (χ4n) is 1.40. The van der Waals surface area contributed by atoms with Crippen LogP contribution in [0.5, 0.6) is 0 Å². The number of hydrogen-bond acceptors (Lipinski definition) is 2. The van der Waals surface area contributed by atoms with Crippen molar-refractivity contribution in [3.8, 4) is 0 Å². The molecule has 4 nitrogen and oxygen atoms in total. The van der Waals surface area contributed by atoms with Gasteiger partial charge in [0, 0.05) is 23.7 Å². The van der Waals surface area contributed by atoms with E-state index in [1.807, 2.05) is 18.2 Å². The van der Waals surface area contributed by atoms with Gasteiger partial charge < -0.3 is 15.8 Å². The minimum atomic E-state index is 0. The van der Waals surface area contributed by atoms with Crippen LogP contribution in [0.3, 0.4) is 0 Å². The minimum Gasteiger partial charge on any atom is -0.383 e. The highest BCUT2D eigenvalue weighted by Crippen LogP contribution is 2.24. The Kier molecular flexibility index (Phi) is 10.4. The van der Waals surface area contributed by atoms with Gasteiger partial charge in [0.2, 0.25) is 0 Å². The van der Waals surface area contributed by atoms with Crippen molar-refractivity contribution in [1.29, 1.82) is 0 Å². The van der Waals surface area contributed by atoms with E-state index in [1.54, 1.807) is 7.11 Å². The van der Waals surface area contributed by atoms with Crippen LogP contribution in [0.15, 0.2) is 23.2 Å². The molecule has 0 aliphatic carbocycles. The summed E-state index contributed by atoms with van der Waals surface area (Å²) in [4.78, 5) is 4.08. The number of benzene rings is 1. The first kappa shape index (κ1) is 18.8. The Morgan fingerprint density at radius 3 is 2.58 bits per heavy atom. The summed E-state index contributed by atoms with van der Waals surface area (Å²) in [5.74, 6) is 0.398. The molecule has 3 N–H and O–H groups in total. The lowest BCUT2D eigenvalue weighted by atomic mass is 10.1. The topological polar surface area (TPSA) is 59.6 Å². The Bertz CT molecular complexity index is 396. The van der Waals surface area contributed by atoms with Crippen LogP contribution in [0.1, 0.15) is 5.56 Å². The second-order valence-corrected chi connectivity index (χ2v) is 4.45. The molecule has 1 aromatic rings. The molecule has 0 aliphatic heterocycles. The smallest absolute Gasteiger partial charge is 0.188 e. The largest absolute Gasteiger partial charge is 0.383 e. The summed E-state index contributed by atoms with van der Waals surface area (Å²) in [5, 5.41) is 4.33. The fraction of sp³-hybridized carbons (Fsp3) is 0.417. The Labute approximate surface area is 140 Å². The van der Waals surface area contributed by atoms with Crippen molar-refractivity contribution in [2.45, 2.75) is 6.42 Å². The van der Waals surface area contributed by atoms with Crippen molar-refractivity contribution in [3.63, 3.8) is 0 Å². The molecule has 0 saturated heterocycles. The minimum absolute atomic E-state index is 0. The van der Waals surface area contributed by atoms with Crippen molar-refractivity contribution in [2.75, 3.05) is 26.8 Å². The molecule has 0 bridgehead atoms. The van der Waals surface area contributed by atoms with E-state index in [4.69, 9.17) is 33.7 Å². The molecule has 1 rings (SSSR count). The summed E-state index contributed by atoms with van der Waals surface area (Å²) in [6, 6.07) is 5.46. The van der Waals surface area contributed by atoms with Crippen molar-refractivity contribution in [2.24, 2.45) is 10.7 Å². The van der Waals surface area contributed by atoms with E-state index in [9.17, 15) is 0 Å². The number of nitrogens with zero attached hydrogens (tertiary/aromatic N) is 1. The summed E-state index contributed by atoms with van der Waals surface area (Å²) in [6.45, 7) is 1.73. The van der Waals surface area contributed by atoms with Crippen LogP contribution < -0.4 is 11.1 Å². The monoisotopic (exact) mass is 417 g/mol. The highest BCUT2D eigenvalue weighted by molar-refractivity contribution is 14.0. The van der Waals surface area contributed by atoms with Crippen LogP contribution in [-0.4, -0.2) is 32.8 Å². The van der Waals surface area contributed by atoms with Crippen molar-refractivity contribution >= 4 is 53.1 Å². The molecule has 108 valence electrons. The summed E-state index contributed by atoms with van der Waals surface area (Å²) in [7, 11) is 1.62. The number of nitrogens with two attached hydrogens (primary N) is 1. The predicted molar refractivity (Wildman–Crippen MR) is 91.9 cm³/mol. The third-order valence-corrected chi connectivity index (χ3v) is 3.03. The molecule has 0 unspecified atom stereocenters. The molecule has 0 saturated carbocycles. The van der Waals surface area contributed by atoms with Gasteiger partial charge in [-0.25, -0.2) is 0 Å². The van der Waals surface area contributed by atoms with Gasteiger partial charge in [0.25, 0.3) is 0 Å². The van der Waals surface area contributed by atoms with Gasteiger partial charge in [0.1, 0.15) is 0 Å². The van der Waals surface area contributed by atoms with E-state index >= 15 is 0 Å². The zero-order chi connectivity index (χ0) is 13.4. The second kappa shape index (κ2) is 10.5. The van der Waals surface area contributed by atoms with Crippen molar-refractivity contribution < 1.29 is 4.74 Å². The SMILES string of the molecule is COCCN=C(N)NCCc1c(Cl)cccc1Cl.I. The van der Waals surface area contributed by atoms with Gasteiger partial charge in [0.15, 0.2) is 5.96 Å². The first-order chi connectivity index (χ1) is 8.65. The van der Waals surface area contributed by atoms with E-state index in [0.717, 1.165) is 5.56 Å². The molecule has 0 amide bonds. The average Bonchev–Trinajstić information content (AvgIpc) is 2.33. The quantitative estimate of drug-likeness (QED) is 0.324. The third kappa shape index (κ3) is 7.20. The van der Waals surface area contributed by atoms with E-state index in [-0.39, 0.29) is 24.0 Å². The fourth-order valence-corrected chi connectivity index (χ4v) is 1.99. The maximum atomic E-state index is 6.06. The predicted octanol–water partition coefficient (Wildman–Crippen LogP) is 2.70. The number of ether oxygens (including phenoxy) is 1. The number of aliphatic imine (C=N–C) groups is 1. The molecular weight excluding hydrogens is 400 g/mol. The molecule has 0 aliphatic rings. The second-order valence-electron chi connectivity index (χ2n) is 3.64. The van der Waals surface area contributed by atoms with Gasteiger partial charge >= 0.3 is 0 Å².